The summed E-state index contributed by atoms with van der Waals surface area (Å²) in [5, 5.41) is 4.29. The normalized spacial score (nSPS) is 12.9. The number of imidazole rings is 1. The van der Waals surface area contributed by atoms with Gasteiger partial charge in [-0.1, -0.05) is 97.3 Å². The van der Waals surface area contributed by atoms with E-state index in [1.165, 1.54) is 101 Å². The molecule has 1 atom stereocenters. The van der Waals surface area contributed by atoms with Crippen molar-refractivity contribution in [1.29, 1.82) is 0 Å². The largest absolute Gasteiger partial charge is 0.341 e. The molecule has 0 aromatic carbocycles. The van der Waals surface area contributed by atoms with Gasteiger partial charge in [0, 0.05) is 16.7 Å². The number of hydrogen-bond acceptors (Lipinski definition) is 2. The molecule has 0 radical (unpaired) electrons. The number of aromatic amines is 1. The maximum atomic E-state index is 4.71. The molecule has 0 amide bonds. The van der Waals surface area contributed by atoms with E-state index in [0.717, 1.165) is 5.52 Å². The van der Waals surface area contributed by atoms with Crippen LogP contribution in [0, 0.1) is 0 Å². The minimum absolute atomic E-state index is 0.560. The highest BCUT2D eigenvalue weighted by molar-refractivity contribution is 7.09. The highest BCUT2D eigenvalue weighted by Crippen LogP contribution is 2.24. The molecule has 3 heteroatoms. The van der Waals surface area contributed by atoms with Crippen molar-refractivity contribution in [2.75, 3.05) is 0 Å². The Bertz CT molecular complexity index is 529. The molecule has 2 aromatic heterocycles. The molecule has 0 aliphatic heterocycles. The summed E-state index contributed by atoms with van der Waals surface area (Å²) in [5.41, 5.74) is 2.34. The van der Waals surface area contributed by atoms with E-state index in [1.807, 2.05) is 0 Å². The third-order valence-electron chi connectivity index (χ3n) is 5.35. The zero-order chi connectivity index (χ0) is 17.7. The maximum Gasteiger partial charge on any atom is 0.110 e. The monoisotopic (exact) mass is 362 g/mol. The second kappa shape index (κ2) is 12.5. The molecule has 2 aromatic rings. The van der Waals surface area contributed by atoms with Crippen molar-refractivity contribution in [2.45, 2.75) is 110 Å². The molecule has 2 heterocycles. The van der Waals surface area contributed by atoms with E-state index in [4.69, 9.17) is 4.98 Å². The lowest BCUT2D eigenvalue weighted by Crippen LogP contribution is -1.96. The molecule has 0 aliphatic carbocycles. The number of unbranched alkanes of at least 4 members (excludes halogenated alkanes) is 12. The SMILES string of the molecule is CCCCCCCCCCCCCCCC(C)c1nc2cscc2[nH]1. The molecule has 2 nitrogen and oxygen atoms in total. The first kappa shape index (κ1) is 20.5. The topological polar surface area (TPSA) is 28.7 Å². The molecular formula is C22H38N2S. The Balaban J connectivity index is 1.39. The van der Waals surface area contributed by atoms with Crippen LogP contribution in [0.5, 0.6) is 0 Å². The molecule has 0 saturated carbocycles. The van der Waals surface area contributed by atoms with E-state index in [2.05, 4.69) is 29.6 Å². The van der Waals surface area contributed by atoms with Crippen molar-refractivity contribution in [2.24, 2.45) is 0 Å². The molecule has 142 valence electrons. The fourth-order valence-corrected chi connectivity index (χ4v) is 4.30. The Morgan fingerprint density at radius 2 is 1.40 bits per heavy atom. The number of thiophene rings is 1. The lowest BCUT2D eigenvalue weighted by Gasteiger charge is -2.08. The number of H-pyrrole nitrogens is 1. The quantitative estimate of drug-likeness (QED) is 0.318. The van der Waals surface area contributed by atoms with Crippen molar-refractivity contribution < 1.29 is 0 Å². The fraction of sp³-hybridized carbons (Fsp3) is 0.773. The van der Waals surface area contributed by atoms with Gasteiger partial charge in [0.25, 0.3) is 0 Å². The number of fused-ring (bicyclic) bond motifs is 1. The minimum atomic E-state index is 0.560. The molecule has 0 spiro atoms. The number of nitrogens with one attached hydrogen (secondary N) is 1. The summed E-state index contributed by atoms with van der Waals surface area (Å²) in [6.45, 7) is 4.60. The minimum Gasteiger partial charge on any atom is -0.341 e. The summed E-state index contributed by atoms with van der Waals surface area (Å²) in [4.78, 5) is 8.18. The summed E-state index contributed by atoms with van der Waals surface area (Å²) in [6, 6.07) is 0. The summed E-state index contributed by atoms with van der Waals surface area (Å²) in [7, 11) is 0. The highest BCUT2D eigenvalue weighted by atomic mass is 32.1. The van der Waals surface area contributed by atoms with Crippen LogP contribution in [0.1, 0.15) is 115 Å². The Kier molecular flexibility index (Phi) is 10.3. The second-order valence-corrected chi connectivity index (χ2v) is 8.47. The smallest absolute Gasteiger partial charge is 0.110 e. The summed E-state index contributed by atoms with van der Waals surface area (Å²) >= 11 is 1.72. The van der Waals surface area contributed by atoms with Gasteiger partial charge in [-0.2, -0.15) is 0 Å². The zero-order valence-electron chi connectivity index (χ0n) is 16.5. The van der Waals surface area contributed by atoms with Gasteiger partial charge < -0.3 is 4.98 Å². The van der Waals surface area contributed by atoms with Crippen molar-refractivity contribution >= 4 is 22.4 Å². The third-order valence-corrected chi connectivity index (χ3v) is 6.08. The Labute approximate surface area is 158 Å². The summed E-state index contributed by atoms with van der Waals surface area (Å²) < 4.78 is 0. The van der Waals surface area contributed by atoms with Gasteiger partial charge in [0.05, 0.1) is 11.0 Å². The predicted octanol–water partition coefficient (Wildman–Crippen LogP) is 8.21. The van der Waals surface area contributed by atoms with Crippen molar-refractivity contribution in [3.63, 3.8) is 0 Å². The first-order valence-electron chi connectivity index (χ1n) is 10.7. The predicted molar refractivity (Wildman–Crippen MR) is 113 cm³/mol. The van der Waals surface area contributed by atoms with Crippen molar-refractivity contribution in [3.05, 3.63) is 16.6 Å². The van der Waals surface area contributed by atoms with Crippen LogP contribution in [0.3, 0.4) is 0 Å². The van der Waals surface area contributed by atoms with E-state index < -0.39 is 0 Å². The Hall–Kier alpha value is -0.830. The van der Waals surface area contributed by atoms with E-state index in [0.29, 0.717) is 5.92 Å². The zero-order valence-corrected chi connectivity index (χ0v) is 17.3. The van der Waals surface area contributed by atoms with Gasteiger partial charge in [-0.05, 0) is 6.42 Å². The van der Waals surface area contributed by atoms with Crippen LogP contribution in [0.25, 0.3) is 11.0 Å². The average molecular weight is 363 g/mol. The van der Waals surface area contributed by atoms with Gasteiger partial charge in [0.1, 0.15) is 5.82 Å². The molecular weight excluding hydrogens is 324 g/mol. The van der Waals surface area contributed by atoms with Gasteiger partial charge in [-0.15, -0.1) is 11.3 Å². The molecule has 0 fully saturated rings. The lowest BCUT2D eigenvalue weighted by molar-refractivity contribution is 0.522. The van der Waals surface area contributed by atoms with Gasteiger partial charge in [0.15, 0.2) is 0 Å². The molecule has 1 unspecified atom stereocenters. The number of hydrogen-bond donors (Lipinski definition) is 1. The standard InChI is InChI=1S/C22H38N2S/c1-3-4-5-6-7-8-9-10-11-12-13-14-15-16-19(2)22-23-20-17-25-18-21(20)24-22/h17-19H,3-16H2,1-2H3,(H,23,24). The molecule has 2 rings (SSSR count). The van der Waals surface area contributed by atoms with E-state index in [9.17, 15) is 0 Å². The Morgan fingerprint density at radius 3 is 1.96 bits per heavy atom. The van der Waals surface area contributed by atoms with Crippen LogP contribution in [0.15, 0.2) is 10.8 Å². The Morgan fingerprint density at radius 1 is 0.840 bits per heavy atom. The van der Waals surface area contributed by atoms with Crippen LogP contribution >= 0.6 is 11.3 Å². The highest BCUT2D eigenvalue weighted by Gasteiger charge is 2.10. The molecule has 0 saturated heterocycles. The summed E-state index contributed by atoms with van der Waals surface area (Å²) in [5.74, 6) is 1.74. The van der Waals surface area contributed by atoms with Crippen LogP contribution in [0.2, 0.25) is 0 Å². The molecule has 0 bridgehead atoms. The van der Waals surface area contributed by atoms with Crippen molar-refractivity contribution in [1.82, 2.24) is 9.97 Å². The molecule has 1 N–H and O–H groups in total. The molecule has 0 aliphatic rings. The first-order chi connectivity index (χ1) is 12.3. The van der Waals surface area contributed by atoms with Gasteiger partial charge in [-0.3, -0.25) is 0 Å². The molecule has 25 heavy (non-hydrogen) atoms. The lowest BCUT2D eigenvalue weighted by atomic mass is 10.0. The summed E-state index contributed by atoms with van der Waals surface area (Å²) in [6.07, 6.45) is 19.8. The first-order valence-corrected chi connectivity index (χ1v) is 11.7. The van der Waals surface area contributed by atoms with Crippen molar-refractivity contribution in [3.8, 4) is 0 Å². The van der Waals surface area contributed by atoms with Gasteiger partial charge in [-0.25, -0.2) is 4.98 Å². The van der Waals surface area contributed by atoms with Crippen LogP contribution in [-0.2, 0) is 0 Å². The van der Waals surface area contributed by atoms with Crippen LogP contribution < -0.4 is 0 Å². The second-order valence-electron chi connectivity index (χ2n) is 7.73. The van der Waals surface area contributed by atoms with E-state index >= 15 is 0 Å². The van der Waals surface area contributed by atoms with Gasteiger partial charge in [0.2, 0.25) is 0 Å². The maximum absolute atomic E-state index is 4.71. The fourth-order valence-electron chi connectivity index (χ4n) is 3.60. The average Bonchev–Trinajstić information content (AvgIpc) is 3.20. The number of nitrogens with zero attached hydrogens (tertiary/aromatic N) is 1. The van der Waals surface area contributed by atoms with Crippen LogP contribution in [0.4, 0.5) is 0 Å². The third kappa shape index (κ3) is 7.94. The number of rotatable bonds is 15. The van der Waals surface area contributed by atoms with Gasteiger partial charge >= 0.3 is 0 Å². The van der Waals surface area contributed by atoms with E-state index in [-0.39, 0.29) is 0 Å². The van der Waals surface area contributed by atoms with Crippen LogP contribution in [-0.4, -0.2) is 9.97 Å². The van der Waals surface area contributed by atoms with E-state index in [1.54, 1.807) is 11.3 Å². The number of aromatic nitrogens is 2.